The van der Waals surface area contributed by atoms with Crippen molar-refractivity contribution in [3.8, 4) is 0 Å². The number of carbonyl (C=O) groups excluding carboxylic acids is 1. The summed E-state index contributed by atoms with van der Waals surface area (Å²) in [4.78, 5) is 11.3. The smallest absolute Gasteiger partial charge is 0.163 e. The maximum absolute atomic E-state index is 11.3. The third-order valence-electron chi connectivity index (χ3n) is 2.57. The van der Waals surface area contributed by atoms with Gasteiger partial charge in [-0.1, -0.05) is 30.3 Å². The van der Waals surface area contributed by atoms with Crippen LogP contribution < -0.4 is 0 Å². The molecule has 2 heteroatoms. The summed E-state index contributed by atoms with van der Waals surface area (Å²) in [5.41, 5.74) is 1.87. The lowest BCUT2D eigenvalue weighted by Gasteiger charge is -1.96. The SMILES string of the molecule is CC(=O)c1cc(Cc2ccccc2)oc1C. The maximum Gasteiger partial charge on any atom is 0.163 e. The minimum Gasteiger partial charge on any atom is -0.465 e. The highest BCUT2D eigenvalue weighted by molar-refractivity contribution is 5.95. The fraction of sp³-hybridized carbons (Fsp3) is 0.214. The third-order valence-corrected chi connectivity index (χ3v) is 2.57. The van der Waals surface area contributed by atoms with Gasteiger partial charge in [-0.2, -0.15) is 0 Å². The van der Waals surface area contributed by atoms with E-state index in [1.54, 1.807) is 6.92 Å². The van der Waals surface area contributed by atoms with Crippen molar-refractivity contribution in [1.29, 1.82) is 0 Å². The number of carbonyl (C=O) groups is 1. The van der Waals surface area contributed by atoms with E-state index in [-0.39, 0.29) is 5.78 Å². The average Bonchev–Trinajstić information content (AvgIpc) is 2.61. The second-order valence-corrected chi connectivity index (χ2v) is 3.90. The first-order valence-corrected chi connectivity index (χ1v) is 5.31. The summed E-state index contributed by atoms with van der Waals surface area (Å²) in [6.07, 6.45) is 0.731. The topological polar surface area (TPSA) is 30.2 Å². The van der Waals surface area contributed by atoms with E-state index >= 15 is 0 Å². The third kappa shape index (κ3) is 2.22. The van der Waals surface area contributed by atoms with E-state index < -0.39 is 0 Å². The van der Waals surface area contributed by atoms with Crippen LogP contribution in [0.4, 0.5) is 0 Å². The summed E-state index contributed by atoms with van der Waals surface area (Å²) >= 11 is 0. The molecule has 0 spiro atoms. The molecular weight excluding hydrogens is 200 g/mol. The van der Waals surface area contributed by atoms with Gasteiger partial charge in [-0.15, -0.1) is 0 Å². The molecular formula is C14H14O2. The van der Waals surface area contributed by atoms with Crippen LogP contribution >= 0.6 is 0 Å². The number of rotatable bonds is 3. The Labute approximate surface area is 94.9 Å². The molecule has 1 aromatic carbocycles. The fourth-order valence-corrected chi connectivity index (χ4v) is 1.78. The maximum atomic E-state index is 11.3. The molecule has 0 fully saturated rings. The number of hydrogen-bond donors (Lipinski definition) is 0. The molecule has 0 aliphatic rings. The van der Waals surface area contributed by atoms with Gasteiger partial charge in [0.05, 0.1) is 5.56 Å². The summed E-state index contributed by atoms with van der Waals surface area (Å²) in [5, 5.41) is 0. The molecule has 16 heavy (non-hydrogen) atoms. The van der Waals surface area contributed by atoms with Crippen molar-refractivity contribution < 1.29 is 9.21 Å². The molecule has 0 unspecified atom stereocenters. The van der Waals surface area contributed by atoms with E-state index in [4.69, 9.17) is 4.42 Å². The zero-order chi connectivity index (χ0) is 11.5. The summed E-state index contributed by atoms with van der Waals surface area (Å²) in [5.74, 6) is 1.60. The Balaban J connectivity index is 2.23. The number of furan rings is 1. The van der Waals surface area contributed by atoms with Gasteiger partial charge in [0, 0.05) is 6.42 Å². The summed E-state index contributed by atoms with van der Waals surface area (Å²) < 4.78 is 5.56. The van der Waals surface area contributed by atoms with Crippen molar-refractivity contribution in [1.82, 2.24) is 0 Å². The van der Waals surface area contributed by atoms with Crippen LogP contribution in [0.2, 0.25) is 0 Å². The number of hydrogen-bond acceptors (Lipinski definition) is 2. The molecule has 0 bridgehead atoms. The second-order valence-electron chi connectivity index (χ2n) is 3.90. The van der Waals surface area contributed by atoms with Gasteiger partial charge in [0.1, 0.15) is 11.5 Å². The fourth-order valence-electron chi connectivity index (χ4n) is 1.78. The Hall–Kier alpha value is -1.83. The Morgan fingerprint density at radius 2 is 1.94 bits per heavy atom. The first-order chi connectivity index (χ1) is 7.66. The molecule has 2 rings (SSSR count). The summed E-state index contributed by atoms with van der Waals surface area (Å²) in [6.45, 7) is 3.38. The molecule has 1 aromatic heterocycles. The van der Waals surface area contributed by atoms with Crippen molar-refractivity contribution in [2.75, 3.05) is 0 Å². The summed E-state index contributed by atoms with van der Waals surface area (Å²) in [6, 6.07) is 11.9. The van der Waals surface area contributed by atoms with E-state index in [1.807, 2.05) is 43.3 Å². The van der Waals surface area contributed by atoms with Crippen LogP contribution in [0.5, 0.6) is 0 Å². The van der Waals surface area contributed by atoms with Crippen LogP contribution in [0.3, 0.4) is 0 Å². The Morgan fingerprint density at radius 1 is 1.25 bits per heavy atom. The Morgan fingerprint density at radius 3 is 2.50 bits per heavy atom. The molecule has 0 atom stereocenters. The predicted octanol–water partition coefficient (Wildman–Crippen LogP) is 3.38. The second kappa shape index (κ2) is 4.35. The van der Waals surface area contributed by atoms with Gasteiger partial charge >= 0.3 is 0 Å². The average molecular weight is 214 g/mol. The van der Waals surface area contributed by atoms with E-state index in [9.17, 15) is 4.79 Å². The molecule has 0 saturated heterocycles. The Kier molecular flexibility index (Phi) is 2.91. The molecule has 82 valence electrons. The molecule has 0 aliphatic carbocycles. The minimum absolute atomic E-state index is 0.0561. The van der Waals surface area contributed by atoms with E-state index in [1.165, 1.54) is 5.56 Å². The van der Waals surface area contributed by atoms with Crippen molar-refractivity contribution in [2.24, 2.45) is 0 Å². The van der Waals surface area contributed by atoms with E-state index in [0.29, 0.717) is 11.3 Å². The molecule has 0 N–H and O–H groups in total. The van der Waals surface area contributed by atoms with Crippen LogP contribution in [0.1, 0.15) is 34.4 Å². The van der Waals surface area contributed by atoms with E-state index in [2.05, 4.69) is 0 Å². The van der Waals surface area contributed by atoms with Crippen molar-refractivity contribution in [3.05, 3.63) is 59.0 Å². The van der Waals surface area contributed by atoms with Gasteiger partial charge < -0.3 is 4.42 Å². The van der Waals surface area contributed by atoms with Crippen LogP contribution in [0, 0.1) is 6.92 Å². The van der Waals surface area contributed by atoms with Crippen LogP contribution in [-0.2, 0) is 6.42 Å². The van der Waals surface area contributed by atoms with Crippen molar-refractivity contribution in [2.45, 2.75) is 20.3 Å². The predicted molar refractivity (Wildman–Crippen MR) is 62.7 cm³/mol. The zero-order valence-electron chi connectivity index (χ0n) is 9.49. The lowest BCUT2D eigenvalue weighted by atomic mass is 10.1. The normalized spacial score (nSPS) is 10.4. The number of aryl methyl sites for hydroxylation is 1. The van der Waals surface area contributed by atoms with Gasteiger partial charge in [-0.05, 0) is 25.5 Å². The van der Waals surface area contributed by atoms with Gasteiger partial charge in [0.2, 0.25) is 0 Å². The quantitative estimate of drug-likeness (QED) is 0.733. The lowest BCUT2D eigenvalue weighted by molar-refractivity contribution is 0.101. The zero-order valence-corrected chi connectivity index (χ0v) is 9.49. The van der Waals surface area contributed by atoms with E-state index in [0.717, 1.165) is 12.2 Å². The largest absolute Gasteiger partial charge is 0.465 e. The van der Waals surface area contributed by atoms with Crippen molar-refractivity contribution >= 4 is 5.78 Å². The number of benzene rings is 1. The van der Waals surface area contributed by atoms with Crippen LogP contribution in [0.15, 0.2) is 40.8 Å². The van der Waals surface area contributed by atoms with Gasteiger partial charge in [0.15, 0.2) is 5.78 Å². The number of Topliss-reactive ketones (excluding diaryl/α,β-unsaturated/α-hetero) is 1. The minimum atomic E-state index is 0.0561. The van der Waals surface area contributed by atoms with Gasteiger partial charge in [-0.3, -0.25) is 4.79 Å². The highest BCUT2D eigenvalue weighted by Crippen LogP contribution is 2.18. The van der Waals surface area contributed by atoms with Crippen LogP contribution in [0.25, 0.3) is 0 Å². The Bertz CT molecular complexity index is 495. The first-order valence-electron chi connectivity index (χ1n) is 5.31. The standard InChI is InChI=1S/C14H14O2/c1-10(15)14-9-13(16-11(14)2)8-12-6-4-3-5-7-12/h3-7,9H,8H2,1-2H3. The van der Waals surface area contributed by atoms with Gasteiger partial charge in [0.25, 0.3) is 0 Å². The van der Waals surface area contributed by atoms with Crippen LogP contribution in [-0.4, -0.2) is 5.78 Å². The molecule has 2 nitrogen and oxygen atoms in total. The number of ketones is 1. The highest BCUT2D eigenvalue weighted by atomic mass is 16.3. The molecule has 0 radical (unpaired) electrons. The lowest BCUT2D eigenvalue weighted by Crippen LogP contribution is -1.90. The molecule has 0 aliphatic heterocycles. The first kappa shape index (κ1) is 10.7. The monoisotopic (exact) mass is 214 g/mol. The summed E-state index contributed by atoms with van der Waals surface area (Å²) in [7, 11) is 0. The van der Waals surface area contributed by atoms with Crippen molar-refractivity contribution in [3.63, 3.8) is 0 Å². The molecule has 0 saturated carbocycles. The van der Waals surface area contributed by atoms with Gasteiger partial charge in [-0.25, -0.2) is 0 Å². The molecule has 1 heterocycles. The highest BCUT2D eigenvalue weighted by Gasteiger charge is 2.11. The molecule has 2 aromatic rings. The molecule has 0 amide bonds.